The summed E-state index contributed by atoms with van der Waals surface area (Å²) in [7, 11) is -3.19. The zero-order chi connectivity index (χ0) is 14.2. The van der Waals surface area contributed by atoms with Gasteiger partial charge < -0.3 is 16.3 Å². The summed E-state index contributed by atoms with van der Waals surface area (Å²) < 4.78 is 24.8. The highest BCUT2D eigenvalue weighted by Gasteiger charge is 2.21. The molecule has 7 nitrogen and oxygen atoms in total. The van der Waals surface area contributed by atoms with E-state index in [1.165, 1.54) is 0 Å². The molecule has 0 radical (unpaired) electrons. The predicted molar refractivity (Wildman–Crippen MR) is 72.2 cm³/mol. The van der Waals surface area contributed by atoms with Crippen LogP contribution in [0.1, 0.15) is 33.1 Å². The second-order valence-corrected chi connectivity index (χ2v) is 6.73. The lowest BCUT2D eigenvalue weighted by Gasteiger charge is -2.25. The summed E-state index contributed by atoms with van der Waals surface area (Å²) in [6, 6.07) is 0. The van der Waals surface area contributed by atoms with E-state index in [2.05, 4.69) is 15.2 Å². The average Bonchev–Trinajstić information content (AvgIpc) is 2.19. The number of nitrogens with two attached hydrogens (primary N) is 1. The molecule has 0 aliphatic rings. The first kappa shape index (κ1) is 17.1. The van der Waals surface area contributed by atoms with Crippen molar-refractivity contribution < 1.29 is 13.6 Å². The quantitative estimate of drug-likeness (QED) is 0.154. The Bertz CT molecular complexity index is 365. The molecule has 0 rings (SSSR count). The van der Waals surface area contributed by atoms with E-state index in [4.69, 9.17) is 10.9 Å². The van der Waals surface area contributed by atoms with Crippen molar-refractivity contribution in [1.29, 1.82) is 0 Å². The van der Waals surface area contributed by atoms with Gasteiger partial charge in [-0.15, -0.1) is 0 Å². The molecule has 0 spiro atoms. The van der Waals surface area contributed by atoms with E-state index in [0.717, 1.165) is 25.6 Å². The van der Waals surface area contributed by atoms with Crippen LogP contribution in [0.25, 0.3) is 0 Å². The monoisotopic (exact) mass is 280 g/mol. The molecule has 0 amide bonds. The van der Waals surface area contributed by atoms with Crippen LogP contribution in [-0.2, 0) is 10.0 Å². The lowest BCUT2D eigenvalue weighted by Crippen LogP contribution is -2.50. The van der Waals surface area contributed by atoms with E-state index >= 15 is 0 Å². The Labute approximate surface area is 109 Å². The van der Waals surface area contributed by atoms with Crippen molar-refractivity contribution >= 4 is 15.9 Å². The molecule has 0 aromatic heterocycles. The molecule has 0 atom stereocenters. The van der Waals surface area contributed by atoms with Crippen LogP contribution >= 0.6 is 0 Å². The molecule has 0 aliphatic carbocycles. The number of sulfonamides is 1. The van der Waals surface area contributed by atoms with Crippen molar-refractivity contribution in [3.8, 4) is 0 Å². The molecule has 0 aromatic carbocycles. The number of nitrogens with zero attached hydrogens (tertiary/aromatic N) is 1. The van der Waals surface area contributed by atoms with Gasteiger partial charge in [0.2, 0.25) is 10.0 Å². The summed E-state index contributed by atoms with van der Waals surface area (Å²) in [6.45, 7) is 4.94. The molecule has 0 fully saturated rings. The second-order valence-electron chi connectivity index (χ2n) is 4.98. The maximum Gasteiger partial charge on any atom is 0.209 e. The maximum absolute atomic E-state index is 11.1. The van der Waals surface area contributed by atoms with Crippen LogP contribution in [0.2, 0.25) is 0 Å². The fraction of sp³-hybridized carbons (Fsp3) is 0.900. The summed E-state index contributed by atoms with van der Waals surface area (Å²) >= 11 is 0. The maximum atomic E-state index is 11.1. The minimum Gasteiger partial charge on any atom is -0.409 e. The van der Waals surface area contributed by atoms with Gasteiger partial charge in [-0.1, -0.05) is 5.16 Å². The zero-order valence-corrected chi connectivity index (χ0v) is 12.0. The second kappa shape index (κ2) is 7.55. The number of oxime groups is 1. The molecule has 0 saturated heterocycles. The molecule has 18 heavy (non-hydrogen) atoms. The van der Waals surface area contributed by atoms with E-state index in [-0.39, 0.29) is 5.84 Å². The smallest absolute Gasteiger partial charge is 0.209 e. The summed E-state index contributed by atoms with van der Waals surface area (Å²) in [6.07, 6.45) is 3.41. The van der Waals surface area contributed by atoms with Crippen LogP contribution in [-0.4, -0.2) is 44.3 Å². The molecule has 0 aliphatic heterocycles. The van der Waals surface area contributed by atoms with Crippen LogP contribution in [0, 0.1) is 0 Å². The lowest BCUT2D eigenvalue weighted by molar-refractivity contribution is 0.316. The number of rotatable bonds is 9. The Kier molecular flexibility index (Phi) is 7.19. The molecule has 8 heteroatoms. The molecule has 108 valence electrons. The molecular formula is C10H24N4O3S. The van der Waals surface area contributed by atoms with E-state index in [0.29, 0.717) is 13.0 Å². The van der Waals surface area contributed by atoms with Crippen molar-refractivity contribution in [2.75, 3.05) is 19.3 Å². The van der Waals surface area contributed by atoms with Gasteiger partial charge in [-0.3, -0.25) is 0 Å². The van der Waals surface area contributed by atoms with E-state index in [9.17, 15) is 8.42 Å². The van der Waals surface area contributed by atoms with E-state index < -0.39 is 15.6 Å². The van der Waals surface area contributed by atoms with Crippen molar-refractivity contribution in [2.45, 2.75) is 38.6 Å². The minimum atomic E-state index is -3.19. The molecule has 0 bridgehead atoms. The van der Waals surface area contributed by atoms with E-state index in [1.54, 1.807) is 0 Å². The Morgan fingerprint density at radius 1 is 1.39 bits per heavy atom. The average molecular weight is 280 g/mol. The fourth-order valence-corrected chi connectivity index (χ4v) is 2.62. The number of unbranched alkanes of at least 4 members (excludes halogenated alkanes) is 1. The summed E-state index contributed by atoms with van der Waals surface area (Å²) in [5.74, 6) is 0.231. The zero-order valence-electron chi connectivity index (χ0n) is 11.2. The van der Waals surface area contributed by atoms with Gasteiger partial charge in [-0.2, -0.15) is 0 Å². The predicted octanol–water partition coefficient (Wildman–Crippen LogP) is -0.179. The van der Waals surface area contributed by atoms with Gasteiger partial charge >= 0.3 is 0 Å². The molecule has 5 N–H and O–H groups in total. The van der Waals surface area contributed by atoms with Crippen LogP contribution in [0.3, 0.4) is 0 Å². The lowest BCUT2D eigenvalue weighted by atomic mass is 10.1. The van der Waals surface area contributed by atoms with Gasteiger partial charge in [-0.05, 0) is 33.2 Å². The Hall–Kier alpha value is -0.860. The summed E-state index contributed by atoms with van der Waals surface area (Å²) in [5, 5.41) is 14.4. The van der Waals surface area contributed by atoms with E-state index in [1.807, 2.05) is 13.8 Å². The normalized spacial score (nSPS) is 13.8. The fourth-order valence-electron chi connectivity index (χ4n) is 1.54. The van der Waals surface area contributed by atoms with Crippen molar-refractivity contribution in [1.82, 2.24) is 10.0 Å². The highest BCUT2D eigenvalue weighted by atomic mass is 32.2. The van der Waals surface area contributed by atoms with Gasteiger partial charge in [-0.25, -0.2) is 13.1 Å². The third-order valence-electron chi connectivity index (χ3n) is 2.19. The Balaban J connectivity index is 3.72. The highest BCUT2D eigenvalue weighted by molar-refractivity contribution is 7.88. The first-order valence-corrected chi connectivity index (χ1v) is 7.71. The Morgan fingerprint density at radius 3 is 2.50 bits per heavy atom. The number of hydrogen-bond acceptors (Lipinski definition) is 5. The Morgan fingerprint density at radius 2 is 2.00 bits per heavy atom. The third-order valence-corrected chi connectivity index (χ3v) is 3.12. The standard InChI is InChI=1S/C10H24N4O3S/c1-10(2,14-18(3,16)17)8-12-7-5-4-6-9(11)13-15/h12,14-15H,4-8H2,1-3H3,(H2,11,13). The van der Waals surface area contributed by atoms with Gasteiger partial charge in [0.15, 0.2) is 0 Å². The van der Waals surface area contributed by atoms with Gasteiger partial charge in [0.25, 0.3) is 0 Å². The first-order chi connectivity index (χ1) is 8.16. The van der Waals surface area contributed by atoms with Crippen molar-refractivity contribution in [2.24, 2.45) is 10.9 Å². The molecule has 0 heterocycles. The summed E-state index contributed by atoms with van der Waals surface area (Å²) in [4.78, 5) is 0. The van der Waals surface area contributed by atoms with Gasteiger partial charge in [0, 0.05) is 18.5 Å². The van der Waals surface area contributed by atoms with Crippen LogP contribution < -0.4 is 15.8 Å². The molecule has 0 unspecified atom stereocenters. The molecular weight excluding hydrogens is 256 g/mol. The third kappa shape index (κ3) is 10.3. The number of amidine groups is 1. The molecule has 0 aromatic rings. The minimum absolute atomic E-state index is 0.231. The van der Waals surface area contributed by atoms with Crippen LogP contribution in [0.15, 0.2) is 5.16 Å². The van der Waals surface area contributed by atoms with Crippen LogP contribution in [0.4, 0.5) is 0 Å². The largest absolute Gasteiger partial charge is 0.409 e. The number of nitrogens with one attached hydrogen (secondary N) is 2. The highest BCUT2D eigenvalue weighted by Crippen LogP contribution is 2.02. The van der Waals surface area contributed by atoms with Crippen molar-refractivity contribution in [3.63, 3.8) is 0 Å². The SMILES string of the molecule is CC(C)(CNCCCCC(N)=NO)NS(C)(=O)=O. The number of hydrogen-bond donors (Lipinski definition) is 4. The topological polar surface area (TPSA) is 117 Å². The first-order valence-electron chi connectivity index (χ1n) is 5.82. The van der Waals surface area contributed by atoms with Gasteiger partial charge in [0.05, 0.1) is 6.26 Å². The summed E-state index contributed by atoms with van der Waals surface area (Å²) in [5.41, 5.74) is 4.81. The van der Waals surface area contributed by atoms with Crippen molar-refractivity contribution in [3.05, 3.63) is 0 Å². The van der Waals surface area contributed by atoms with Crippen LogP contribution in [0.5, 0.6) is 0 Å². The molecule has 0 saturated carbocycles. The van der Waals surface area contributed by atoms with Gasteiger partial charge in [0.1, 0.15) is 5.84 Å².